The molecule has 0 amide bonds. The van der Waals surface area contributed by atoms with Crippen LogP contribution < -0.4 is 14.2 Å². The summed E-state index contributed by atoms with van der Waals surface area (Å²) in [4.78, 5) is 19.7. The number of aromatic nitrogens is 1. The monoisotopic (exact) mass is 785 g/mol. The minimum absolute atomic E-state index is 0.00666. The van der Waals surface area contributed by atoms with Gasteiger partial charge in [-0.05, 0) is 71.7 Å². The molecule has 1 unspecified atom stereocenters. The summed E-state index contributed by atoms with van der Waals surface area (Å²) in [6, 6.07) is 27.2. The smallest absolute Gasteiger partial charge is 0.263 e. The van der Waals surface area contributed by atoms with E-state index in [1.807, 2.05) is 42.5 Å². The molecule has 3 heterocycles. The van der Waals surface area contributed by atoms with Crippen LogP contribution in [0.2, 0.25) is 0 Å². The Hall–Kier alpha value is -4.38. The maximum Gasteiger partial charge on any atom is 0.263 e. The first-order valence-electron chi connectivity index (χ1n) is 18.2. The molecule has 1 N–H and O–H groups in total. The standard InChI is InChI=1S/C45H41N2O3S4/c1-3-30-12-14-32(15-13-30)27-47-39-18-16-31(4-2)23-40(39)53-43(47)26-37-44(49)36(45(37)52-29-35-11-8-22-51-35)25-42-46(20-21-48)38-19-17-34(24-41(38)54-42)50-28-33-9-6-5-7-10-33/h3,5-12,14-19,22-26,30,48H,1,4,13,20-21,27-29H2,2H3/q+1. The fourth-order valence-electron chi connectivity index (χ4n) is 6.79. The molecular formula is C45H41N2O3S4+. The number of fused-ring (bicyclic) bond motifs is 2. The molecule has 5 nitrogen and oxygen atoms in total. The molecule has 272 valence electrons. The van der Waals surface area contributed by atoms with E-state index in [9.17, 15) is 9.90 Å². The number of allylic oxidation sites excluding steroid dienone is 8. The molecule has 3 aliphatic rings. The molecule has 0 bridgehead atoms. The number of carbonyl (C=O) groups is 1. The Morgan fingerprint density at radius 1 is 1.06 bits per heavy atom. The van der Waals surface area contributed by atoms with Gasteiger partial charge in [-0.25, -0.2) is 0 Å². The summed E-state index contributed by atoms with van der Waals surface area (Å²) in [6.45, 7) is 7.81. The Morgan fingerprint density at radius 3 is 2.70 bits per heavy atom. The van der Waals surface area contributed by atoms with E-state index in [0.717, 1.165) is 73.1 Å². The summed E-state index contributed by atoms with van der Waals surface area (Å²) >= 11 is 6.83. The number of ketones is 1. The van der Waals surface area contributed by atoms with E-state index >= 15 is 0 Å². The SMILES string of the molecule is C=CC1C=CC(C[n+]2c(/C=C3/C(=O)C(/C=C4/Sc5cc(OCc6ccccc6)ccc5N4CCO)=C3SCc3cccs3)sc3cc(CC)ccc32)=CC1. The predicted molar refractivity (Wildman–Crippen MR) is 228 cm³/mol. The number of thioether (sulfide) groups is 2. The molecule has 3 aromatic carbocycles. The van der Waals surface area contributed by atoms with Crippen LogP contribution >= 0.6 is 46.2 Å². The zero-order valence-electron chi connectivity index (χ0n) is 30.1. The Balaban J connectivity index is 1.14. The van der Waals surface area contributed by atoms with Crippen molar-refractivity contribution in [3.8, 4) is 5.75 Å². The third kappa shape index (κ3) is 7.74. The lowest BCUT2D eigenvalue weighted by atomic mass is 9.89. The number of β-amino-alcohol motifs (C(OH)–C–C–N with tert-alkyl or cyclic N) is 1. The van der Waals surface area contributed by atoms with Crippen LogP contribution in [0.15, 0.2) is 153 Å². The van der Waals surface area contributed by atoms with Crippen molar-refractivity contribution in [2.24, 2.45) is 5.92 Å². The molecule has 0 spiro atoms. The van der Waals surface area contributed by atoms with E-state index in [0.29, 0.717) is 19.1 Å². The van der Waals surface area contributed by atoms with Gasteiger partial charge in [0.05, 0.1) is 17.3 Å². The van der Waals surface area contributed by atoms with Crippen LogP contribution in [-0.2, 0) is 30.1 Å². The second-order valence-corrected chi connectivity index (χ2v) is 17.5. The van der Waals surface area contributed by atoms with E-state index in [-0.39, 0.29) is 12.4 Å². The second-order valence-electron chi connectivity index (χ2n) is 13.3. The summed E-state index contributed by atoms with van der Waals surface area (Å²) in [5.74, 6) is 1.99. The average Bonchev–Trinajstić information content (AvgIpc) is 3.94. The zero-order valence-corrected chi connectivity index (χ0v) is 33.3. The third-order valence-corrected chi connectivity index (χ3v) is 14.2. The Labute approximate surface area is 333 Å². The van der Waals surface area contributed by atoms with Gasteiger partial charge in [-0.3, -0.25) is 4.79 Å². The Bertz CT molecular complexity index is 2370. The van der Waals surface area contributed by atoms with Gasteiger partial charge in [0.1, 0.15) is 17.1 Å². The molecule has 0 saturated carbocycles. The van der Waals surface area contributed by atoms with Crippen LogP contribution in [0.3, 0.4) is 0 Å². The Kier molecular flexibility index (Phi) is 11.2. The van der Waals surface area contributed by atoms with Crippen molar-refractivity contribution in [2.45, 2.75) is 43.6 Å². The van der Waals surface area contributed by atoms with Crippen molar-refractivity contribution in [2.75, 3.05) is 18.1 Å². The van der Waals surface area contributed by atoms with Gasteiger partial charge in [0.2, 0.25) is 5.52 Å². The number of nitrogens with zero attached hydrogens (tertiary/aromatic N) is 2. The average molecular weight is 786 g/mol. The van der Waals surface area contributed by atoms with Gasteiger partial charge in [-0.2, -0.15) is 4.57 Å². The number of rotatable bonds is 14. The highest BCUT2D eigenvalue weighted by Crippen LogP contribution is 2.50. The first-order valence-corrected chi connectivity index (χ1v) is 21.7. The highest BCUT2D eigenvalue weighted by atomic mass is 32.2. The van der Waals surface area contributed by atoms with Gasteiger partial charge in [-0.15, -0.1) is 29.7 Å². The van der Waals surface area contributed by atoms with Crippen molar-refractivity contribution < 1.29 is 19.2 Å². The van der Waals surface area contributed by atoms with Gasteiger partial charge >= 0.3 is 0 Å². The number of aliphatic hydroxyl groups excluding tert-OH is 1. The lowest BCUT2D eigenvalue weighted by Crippen LogP contribution is -2.36. The summed E-state index contributed by atoms with van der Waals surface area (Å²) in [6.07, 6.45) is 14.8. The van der Waals surface area contributed by atoms with Gasteiger partial charge in [0.25, 0.3) is 5.01 Å². The number of thiophene rings is 1. The number of hydrogen-bond donors (Lipinski definition) is 1. The topological polar surface area (TPSA) is 53.7 Å². The molecule has 0 fully saturated rings. The highest BCUT2D eigenvalue weighted by Gasteiger charge is 2.36. The minimum Gasteiger partial charge on any atom is -0.489 e. The summed E-state index contributed by atoms with van der Waals surface area (Å²) in [5.41, 5.74) is 7.34. The van der Waals surface area contributed by atoms with Crippen molar-refractivity contribution in [3.05, 3.63) is 169 Å². The molecule has 2 aromatic heterocycles. The maximum atomic E-state index is 14.3. The number of aliphatic hydroxyl groups is 1. The number of carbonyl (C=O) groups excluding carboxylic acids is 1. The molecular weight excluding hydrogens is 745 g/mol. The number of ether oxygens (including phenoxy) is 1. The van der Waals surface area contributed by atoms with Crippen LogP contribution in [0.4, 0.5) is 5.69 Å². The largest absolute Gasteiger partial charge is 0.489 e. The van der Waals surface area contributed by atoms with E-state index in [4.69, 9.17) is 4.74 Å². The van der Waals surface area contributed by atoms with Crippen LogP contribution in [0.25, 0.3) is 16.3 Å². The molecule has 1 aliphatic heterocycles. The first kappa shape index (κ1) is 36.6. The van der Waals surface area contributed by atoms with Crippen molar-refractivity contribution >= 4 is 74.0 Å². The first-order chi connectivity index (χ1) is 26.5. The fraction of sp³-hybridized carbons (Fsp3) is 0.200. The maximum absolute atomic E-state index is 14.3. The lowest BCUT2D eigenvalue weighted by molar-refractivity contribution is -0.660. The van der Waals surface area contributed by atoms with Crippen molar-refractivity contribution in [3.63, 3.8) is 0 Å². The molecule has 9 heteroatoms. The normalized spacial score (nSPS) is 18.1. The zero-order chi connectivity index (χ0) is 37.0. The van der Waals surface area contributed by atoms with Gasteiger partial charge in [0, 0.05) is 55.8 Å². The summed E-state index contributed by atoms with van der Waals surface area (Å²) in [7, 11) is 0. The van der Waals surface area contributed by atoms with Gasteiger partial charge in [0.15, 0.2) is 12.3 Å². The predicted octanol–water partition coefficient (Wildman–Crippen LogP) is 10.7. The third-order valence-electron chi connectivity index (χ3n) is 9.78. The van der Waals surface area contributed by atoms with Gasteiger partial charge < -0.3 is 14.7 Å². The summed E-state index contributed by atoms with van der Waals surface area (Å²) in [5, 5.41) is 14.2. The lowest BCUT2D eigenvalue weighted by Gasteiger charge is -2.25. The molecule has 1 atom stereocenters. The molecule has 2 aliphatic carbocycles. The number of Topliss-reactive ketones (excluding diaryl/α,β-unsaturated/α-hetero) is 1. The molecule has 0 radical (unpaired) electrons. The molecule has 0 saturated heterocycles. The van der Waals surface area contributed by atoms with E-state index in [2.05, 4.69) is 101 Å². The van der Waals surface area contributed by atoms with Crippen LogP contribution in [0.1, 0.15) is 34.4 Å². The van der Waals surface area contributed by atoms with Crippen LogP contribution in [0.5, 0.6) is 5.75 Å². The number of hydrogen-bond acceptors (Lipinski definition) is 8. The quantitative estimate of drug-likeness (QED) is 0.0688. The van der Waals surface area contributed by atoms with E-state index < -0.39 is 0 Å². The van der Waals surface area contributed by atoms with Crippen molar-refractivity contribution in [1.29, 1.82) is 0 Å². The van der Waals surface area contributed by atoms with Crippen LogP contribution in [-0.4, -0.2) is 24.0 Å². The summed E-state index contributed by atoms with van der Waals surface area (Å²) < 4.78 is 9.74. The van der Waals surface area contributed by atoms with Gasteiger partial charge in [-0.1, -0.05) is 96.8 Å². The number of anilines is 1. The van der Waals surface area contributed by atoms with Crippen LogP contribution in [0, 0.1) is 5.92 Å². The number of aryl methyl sites for hydroxylation is 1. The highest BCUT2D eigenvalue weighted by molar-refractivity contribution is 8.04. The van der Waals surface area contributed by atoms with E-state index in [1.165, 1.54) is 26.2 Å². The van der Waals surface area contributed by atoms with E-state index in [1.54, 1.807) is 46.2 Å². The second kappa shape index (κ2) is 16.6. The molecule has 54 heavy (non-hydrogen) atoms. The molecule has 5 aromatic rings. The fourth-order valence-corrected chi connectivity index (χ4v) is 11.1. The molecule has 8 rings (SSSR count). The number of thiazole rings is 1. The number of benzene rings is 3. The Morgan fingerprint density at radius 2 is 1.94 bits per heavy atom. The minimum atomic E-state index is -0.00666. The van der Waals surface area contributed by atoms with Crippen molar-refractivity contribution in [1.82, 2.24) is 0 Å².